The summed E-state index contributed by atoms with van der Waals surface area (Å²) in [5.41, 5.74) is 2.02. The van der Waals surface area contributed by atoms with Crippen LogP contribution in [0.2, 0.25) is 0 Å². The minimum absolute atomic E-state index is 0.0180. The minimum atomic E-state index is -5.62. The Labute approximate surface area is 299 Å². The number of nitrogens with zero attached hydrogens (tertiary/aromatic N) is 2. The number of benzene rings is 4. The molecular formula is C35H28FN3O7S4. The SMILES string of the molecule is C/C(OS(=O)(=O)F)=C(/C(=O)OC(c1ccccc1)c1ccccc1)N1C(=O)[C@@H](NC(=O)Cc2ccccc2)[C@H]1SSc1nc2ccccc2s1. The van der Waals surface area contributed by atoms with Crippen LogP contribution in [0.4, 0.5) is 3.89 Å². The third-order valence-corrected chi connectivity index (χ3v) is 11.9. The van der Waals surface area contributed by atoms with E-state index in [9.17, 15) is 26.7 Å². The van der Waals surface area contributed by atoms with E-state index in [1.807, 2.05) is 30.3 Å². The lowest BCUT2D eigenvalue weighted by Gasteiger charge is -2.46. The van der Waals surface area contributed by atoms with Gasteiger partial charge in [0.05, 0.1) is 16.6 Å². The number of esters is 1. The van der Waals surface area contributed by atoms with Crippen molar-refractivity contribution in [3.8, 4) is 0 Å². The fourth-order valence-electron chi connectivity index (χ4n) is 5.26. The van der Waals surface area contributed by atoms with Crippen molar-refractivity contribution >= 4 is 71.4 Å². The number of β-lactam (4-membered cyclic amide) rings is 1. The molecule has 0 unspecified atom stereocenters. The van der Waals surface area contributed by atoms with Crippen LogP contribution in [0, 0.1) is 0 Å². The predicted octanol–water partition coefficient (Wildman–Crippen LogP) is 6.73. The standard InChI is InChI=1S/C35H28FN3O7S4/c1-22(46-50(36,43)44)30(34(42)45-31(24-15-7-3-8-16-24)25-17-9-4-10-18-25)39-32(41)29(38-28(40)21-23-13-5-2-6-14-23)33(39)48-49-35-37-26-19-11-12-20-27(26)47-35/h2-20,29,31,33H,21H2,1H3,(H,38,40)/b30-22+/t29-,33-/m1/s1. The maximum Gasteiger partial charge on any atom is 0.488 e. The highest BCUT2D eigenvalue weighted by Crippen LogP contribution is 2.46. The molecule has 6 rings (SSSR count). The van der Waals surface area contributed by atoms with E-state index in [1.54, 1.807) is 84.9 Å². The first-order valence-corrected chi connectivity index (χ1v) is 19.4. The molecule has 1 aromatic heterocycles. The van der Waals surface area contributed by atoms with Gasteiger partial charge in [0.1, 0.15) is 11.4 Å². The van der Waals surface area contributed by atoms with Crippen LogP contribution in [0.25, 0.3) is 10.2 Å². The molecule has 1 saturated heterocycles. The minimum Gasteiger partial charge on any atom is -0.448 e. The summed E-state index contributed by atoms with van der Waals surface area (Å²) in [4.78, 5) is 46.7. The fourth-order valence-corrected chi connectivity index (χ4v) is 9.56. The van der Waals surface area contributed by atoms with Crippen LogP contribution in [-0.2, 0) is 40.2 Å². The van der Waals surface area contributed by atoms with Gasteiger partial charge in [-0.1, -0.05) is 118 Å². The van der Waals surface area contributed by atoms with Gasteiger partial charge in [0.25, 0.3) is 5.91 Å². The summed E-state index contributed by atoms with van der Waals surface area (Å²) in [5, 5.41) is 1.75. The average Bonchev–Trinajstić information content (AvgIpc) is 3.53. The van der Waals surface area contributed by atoms with E-state index in [-0.39, 0.29) is 6.42 Å². The van der Waals surface area contributed by atoms with Crippen molar-refractivity contribution in [2.75, 3.05) is 0 Å². The van der Waals surface area contributed by atoms with Gasteiger partial charge in [-0.15, -0.1) is 11.3 Å². The number of thiazole rings is 1. The number of amides is 2. The highest BCUT2D eigenvalue weighted by Gasteiger charge is 2.53. The molecule has 2 atom stereocenters. The maximum absolute atomic E-state index is 14.1. The molecule has 2 amide bonds. The molecule has 1 fully saturated rings. The Balaban J connectivity index is 1.34. The zero-order chi connectivity index (χ0) is 35.3. The number of fused-ring (bicyclic) bond motifs is 1. The first kappa shape index (κ1) is 35.1. The number of likely N-dealkylation sites (tertiary alicyclic amines) is 1. The van der Waals surface area contributed by atoms with E-state index in [4.69, 9.17) is 4.74 Å². The summed E-state index contributed by atoms with van der Waals surface area (Å²) >= 11 is 1.41. The average molecular weight is 750 g/mol. The lowest BCUT2D eigenvalue weighted by molar-refractivity contribution is -0.154. The van der Waals surface area contributed by atoms with Crippen molar-refractivity contribution in [3.63, 3.8) is 0 Å². The van der Waals surface area contributed by atoms with Crippen LogP contribution in [0.5, 0.6) is 0 Å². The van der Waals surface area contributed by atoms with Crippen LogP contribution in [0.3, 0.4) is 0 Å². The molecule has 5 aromatic rings. The molecule has 1 N–H and O–H groups in total. The number of halogens is 1. The predicted molar refractivity (Wildman–Crippen MR) is 190 cm³/mol. The fraction of sp³-hybridized carbons (Fsp3) is 0.143. The van der Waals surface area contributed by atoms with Crippen LogP contribution in [0.1, 0.15) is 29.7 Å². The molecule has 0 spiro atoms. The largest absolute Gasteiger partial charge is 0.488 e. The van der Waals surface area contributed by atoms with Gasteiger partial charge in [0, 0.05) is 0 Å². The van der Waals surface area contributed by atoms with Gasteiger partial charge in [0.2, 0.25) is 5.91 Å². The van der Waals surface area contributed by atoms with Crippen LogP contribution >= 0.6 is 32.9 Å². The van der Waals surface area contributed by atoms with Crippen molar-refractivity contribution in [1.82, 2.24) is 15.2 Å². The number of para-hydroxylation sites is 1. The Kier molecular flexibility index (Phi) is 10.9. The van der Waals surface area contributed by atoms with Gasteiger partial charge in [-0.3, -0.25) is 14.5 Å². The molecule has 0 aliphatic carbocycles. The summed E-state index contributed by atoms with van der Waals surface area (Å²) < 4.78 is 49.3. The number of carbonyl (C=O) groups is 3. The zero-order valence-corrected chi connectivity index (χ0v) is 29.4. The second kappa shape index (κ2) is 15.5. The number of hydrogen-bond donors (Lipinski definition) is 1. The van der Waals surface area contributed by atoms with Crippen molar-refractivity contribution < 1.29 is 35.6 Å². The molecule has 1 aliphatic rings. The lowest BCUT2D eigenvalue weighted by Crippen LogP contribution is -2.69. The topological polar surface area (TPSA) is 132 Å². The Bertz CT molecular complexity index is 2080. The van der Waals surface area contributed by atoms with Crippen LogP contribution in [-0.4, -0.2) is 47.5 Å². The molecule has 0 bridgehead atoms. The molecule has 10 nitrogen and oxygen atoms in total. The molecule has 1 aliphatic heterocycles. The number of rotatable bonds is 13. The lowest BCUT2D eigenvalue weighted by atomic mass is 10.0. The summed E-state index contributed by atoms with van der Waals surface area (Å²) in [6.45, 7) is 1.05. The van der Waals surface area contributed by atoms with E-state index in [1.165, 1.54) is 22.1 Å². The highest BCUT2D eigenvalue weighted by atomic mass is 33.1. The Morgan fingerprint density at radius 2 is 1.50 bits per heavy atom. The van der Waals surface area contributed by atoms with Gasteiger partial charge in [-0.2, -0.15) is 8.42 Å². The summed E-state index contributed by atoms with van der Waals surface area (Å²) in [6.07, 6.45) is -1.01. The smallest absolute Gasteiger partial charge is 0.448 e. The van der Waals surface area contributed by atoms with Crippen molar-refractivity contribution in [2.24, 2.45) is 0 Å². The molecule has 4 aromatic carbocycles. The zero-order valence-electron chi connectivity index (χ0n) is 26.2. The number of allylic oxidation sites excluding steroid dienone is 1. The van der Waals surface area contributed by atoms with E-state index < -0.39 is 57.3 Å². The Hall–Kier alpha value is -4.70. The first-order valence-electron chi connectivity index (χ1n) is 15.1. The monoisotopic (exact) mass is 749 g/mol. The van der Waals surface area contributed by atoms with E-state index >= 15 is 0 Å². The van der Waals surface area contributed by atoms with Crippen molar-refractivity contribution in [3.05, 3.63) is 143 Å². The van der Waals surface area contributed by atoms with Gasteiger partial charge in [0.15, 0.2) is 21.9 Å². The molecule has 0 radical (unpaired) electrons. The molecule has 2 heterocycles. The number of carbonyl (C=O) groups excluding carboxylic acids is 3. The van der Waals surface area contributed by atoms with Gasteiger partial charge in [-0.05, 0) is 46.5 Å². The first-order chi connectivity index (χ1) is 24.1. The van der Waals surface area contributed by atoms with Crippen molar-refractivity contribution in [2.45, 2.75) is 35.2 Å². The summed E-state index contributed by atoms with van der Waals surface area (Å²) in [7, 11) is -3.31. The van der Waals surface area contributed by atoms with Crippen LogP contribution in [0.15, 0.2) is 131 Å². The second-order valence-electron chi connectivity index (χ2n) is 10.9. The van der Waals surface area contributed by atoms with Gasteiger partial charge in [-0.25, -0.2) is 9.78 Å². The number of hydrogen-bond acceptors (Lipinski definition) is 11. The third-order valence-electron chi connectivity index (χ3n) is 7.48. The molecule has 0 saturated carbocycles. The quantitative estimate of drug-likeness (QED) is 0.0345. The molecule has 50 heavy (non-hydrogen) atoms. The normalized spacial score (nSPS) is 16.5. The Morgan fingerprint density at radius 3 is 2.10 bits per heavy atom. The van der Waals surface area contributed by atoms with Gasteiger partial charge >= 0.3 is 16.5 Å². The number of ether oxygens (including phenoxy) is 1. The van der Waals surface area contributed by atoms with Gasteiger partial charge < -0.3 is 14.2 Å². The molecule has 15 heteroatoms. The molecule has 256 valence electrons. The van der Waals surface area contributed by atoms with E-state index in [0.717, 1.165) is 38.4 Å². The second-order valence-corrected chi connectivity index (χ2v) is 15.5. The summed E-state index contributed by atoms with van der Waals surface area (Å²) in [5.74, 6) is -3.08. The number of nitrogens with one attached hydrogen (secondary N) is 1. The summed E-state index contributed by atoms with van der Waals surface area (Å²) in [6, 6.07) is 32.9. The van der Waals surface area contributed by atoms with E-state index in [2.05, 4.69) is 14.5 Å². The molecular weight excluding hydrogens is 722 g/mol. The van der Waals surface area contributed by atoms with E-state index in [0.29, 0.717) is 15.5 Å². The number of aromatic nitrogens is 1. The van der Waals surface area contributed by atoms with Crippen LogP contribution < -0.4 is 5.32 Å². The maximum atomic E-state index is 14.1. The highest BCUT2D eigenvalue weighted by molar-refractivity contribution is 8.77. The Morgan fingerprint density at radius 1 is 0.920 bits per heavy atom. The third kappa shape index (κ3) is 8.35. The van der Waals surface area contributed by atoms with Crippen molar-refractivity contribution in [1.29, 1.82) is 0 Å².